The molecule has 30 heavy (non-hydrogen) atoms. The van der Waals surface area contributed by atoms with Gasteiger partial charge < -0.3 is 24.8 Å². The molecule has 2 atom stereocenters. The third kappa shape index (κ3) is 4.16. The summed E-state index contributed by atoms with van der Waals surface area (Å²) in [4.78, 5) is 13.9. The van der Waals surface area contributed by atoms with Crippen LogP contribution in [0.5, 0.6) is 11.5 Å². The molecule has 0 spiro atoms. The number of hydrogen-bond donors (Lipinski definition) is 2. The largest absolute Gasteiger partial charge is 0.496 e. The molecular formula is C23H27N3O4. The number of ether oxygens (including phenoxy) is 3. The first-order chi connectivity index (χ1) is 14.7. The van der Waals surface area contributed by atoms with Crippen molar-refractivity contribution in [2.75, 3.05) is 38.2 Å². The molecule has 2 unspecified atom stereocenters. The Hall–Kier alpha value is -2.93. The van der Waals surface area contributed by atoms with Crippen LogP contribution in [0.4, 0.5) is 5.69 Å². The predicted octanol–water partition coefficient (Wildman–Crippen LogP) is 2.43. The molecule has 0 saturated carbocycles. The lowest BCUT2D eigenvalue weighted by molar-refractivity contribution is -0.118. The van der Waals surface area contributed by atoms with Crippen LogP contribution in [0.2, 0.25) is 0 Å². The van der Waals surface area contributed by atoms with E-state index in [1.807, 2.05) is 24.4 Å². The molecular weight excluding hydrogens is 382 g/mol. The summed E-state index contributed by atoms with van der Waals surface area (Å²) < 4.78 is 17.6. The van der Waals surface area contributed by atoms with Gasteiger partial charge in [0.25, 0.3) is 5.91 Å². The first-order valence-corrected chi connectivity index (χ1v) is 10.6. The number of amides is 1. The van der Waals surface area contributed by atoms with Crippen molar-refractivity contribution in [2.24, 2.45) is 5.92 Å². The van der Waals surface area contributed by atoms with E-state index in [1.165, 1.54) is 0 Å². The lowest BCUT2D eigenvalue weighted by atomic mass is 9.95. The number of nitrogens with one attached hydrogen (secondary N) is 2. The van der Waals surface area contributed by atoms with Crippen molar-refractivity contribution >= 4 is 11.6 Å². The van der Waals surface area contributed by atoms with Crippen LogP contribution in [0.25, 0.3) is 0 Å². The van der Waals surface area contributed by atoms with Gasteiger partial charge in [0.15, 0.2) is 6.61 Å². The number of nitrogens with zero attached hydrogens (tertiary/aromatic N) is 1. The first kappa shape index (κ1) is 19.1. The van der Waals surface area contributed by atoms with E-state index >= 15 is 0 Å². The Morgan fingerprint density at radius 2 is 2.10 bits per heavy atom. The molecule has 1 aromatic carbocycles. The molecule has 1 fully saturated rings. The Morgan fingerprint density at radius 1 is 1.20 bits per heavy atom. The van der Waals surface area contributed by atoms with Gasteiger partial charge in [-0.3, -0.25) is 9.69 Å². The fraction of sp³-hybridized carbons (Fsp3) is 0.435. The second kappa shape index (κ2) is 8.44. The zero-order valence-electron chi connectivity index (χ0n) is 16.9. The van der Waals surface area contributed by atoms with Crippen LogP contribution in [-0.2, 0) is 9.53 Å². The zero-order chi connectivity index (χ0) is 20.3. The molecule has 0 bridgehead atoms. The highest BCUT2D eigenvalue weighted by atomic mass is 16.5. The van der Waals surface area contributed by atoms with E-state index in [9.17, 15) is 4.79 Å². The Labute approximate surface area is 176 Å². The fourth-order valence-corrected chi connectivity index (χ4v) is 4.34. The Balaban J connectivity index is 1.06. The molecule has 2 N–H and O–H groups in total. The number of anilines is 1. The lowest BCUT2D eigenvalue weighted by Crippen LogP contribution is -2.40. The summed E-state index contributed by atoms with van der Waals surface area (Å²) in [7, 11) is 0. The smallest absolute Gasteiger partial charge is 0.262 e. The number of benzene rings is 1. The SMILES string of the molecule is O=C1COc2ccc(OC3CCN(CCOC4=CC=CC5NC=CC45)CC3)cc2N1. The Kier molecular flexibility index (Phi) is 5.36. The van der Waals surface area contributed by atoms with Crippen molar-refractivity contribution < 1.29 is 19.0 Å². The first-order valence-electron chi connectivity index (χ1n) is 10.6. The third-order valence-corrected chi connectivity index (χ3v) is 5.98. The summed E-state index contributed by atoms with van der Waals surface area (Å²) in [5.74, 6) is 2.69. The molecule has 0 aromatic heterocycles. The van der Waals surface area contributed by atoms with Crippen LogP contribution in [0.15, 0.2) is 54.5 Å². The maximum atomic E-state index is 11.5. The van der Waals surface area contributed by atoms with Gasteiger partial charge in [-0.25, -0.2) is 0 Å². The molecule has 7 nitrogen and oxygen atoms in total. The van der Waals surface area contributed by atoms with E-state index in [2.05, 4.69) is 39.8 Å². The van der Waals surface area contributed by atoms with Crippen molar-refractivity contribution in [3.8, 4) is 11.5 Å². The van der Waals surface area contributed by atoms with Crippen molar-refractivity contribution in [1.82, 2.24) is 10.2 Å². The van der Waals surface area contributed by atoms with Crippen LogP contribution >= 0.6 is 0 Å². The molecule has 1 aliphatic carbocycles. The van der Waals surface area contributed by atoms with E-state index in [-0.39, 0.29) is 18.6 Å². The number of rotatable bonds is 6. The van der Waals surface area contributed by atoms with Crippen LogP contribution in [0, 0.1) is 5.92 Å². The molecule has 1 aromatic rings. The van der Waals surface area contributed by atoms with E-state index in [0.29, 0.717) is 30.0 Å². The standard InChI is InChI=1S/C23H27N3O4/c27-23-15-29-22-5-4-17(14-20(22)25-23)30-16-7-10-26(11-8-16)12-13-28-21-3-1-2-19-18(21)6-9-24-19/h1-6,9,14,16,18-19,24H,7-8,10-13,15H2,(H,25,27). The van der Waals surface area contributed by atoms with Gasteiger partial charge in [0.05, 0.1) is 17.6 Å². The van der Waals surface area contributed by atoms with Gasteiger partial charge >= 0.3 is 0 Å². The maximum absolute atomic E-state index is 11.5. The molecule has 3 heterocycles. The lowest BCUT2D eigenvalue weighted by Gasteiger charge is -2.32. The zero-order valence-corrected chi connectivity index (χ0v) is 16.9. The maximum Gasteiger partial charge on any atom is 0.262 e. The minimum absolute atomic E-state index is 0.0676. The van der Waals surface area contributed by atoms with Crippen LogP contribution in [0.3, 0.4) is 0 Å². The van der Waals surface area contributed by atoms with E-state index in [1.54, 1.807) is 0 Å². The van der Waals surface area contributed by atoms with Crippen molar-refractivity contribution in [3.05, 3.63) is 54.5 Å². The van der Waals surface area contributed by atoms with Crippen molar-refractivity contribution in [3.63, 3.8) is 0 Å². The quantitative estimate of drug-likeness (QED) is 0.752. The molecule has 4 aliphatic rings. The van der Waals surface area contributed by atoms with Crippen LogP contribution in [-0.4, -0.2) is 55.8 Å². The predicted molar refractivity (Wildman–Crippen MR) is 113 cm³/mol. The van der Waals surface area contributed by atoms with Gasteiger partial charge in [-0.2, -0.15) is 0 Å². The van der Waals surface area contributed by atoms with Gasteiger partial charge in [0.2, 0.25) is 0 Å². The molecule has 7 heteroatoms. The van der Waals surface area contributed by atoms with Gasteiger partial charge in [-0.1, -0.05) is 18.2 Å². The number of piperidine rings is 1. The second-order valence-electron chi connectivity index (χ2n) is 8.03. The Bertz CT molecular complexity index is 886. The summed E-state index contributed by atoms with van der Waals surface area (Å²) in [6.45, 7) is 3.67. The minimum atomic E-state index is -0.133. The monoisotopic (exact) mass is 409 g/mol. The summed E-state index contributed by atoms with van der Waals surface area (Å²) >= 11 is 0. The number of hydrogen-bond acceptors (Lipinski definition) is 6. The van der Waals surface area contributed by atoms with E-state index in [0.717, 1.165) is 44.0 Å². The molecule has 5 rings (SSSR count). The van der Waals surface area contributed by atoms with Gasteiger partial charge in [-0.15, -0.1) is 0 Å². The van der Waals surface area contributed by atoms with Gasteiger partial charge in [0, 0.05) is 25.7 Å². The number of carbonyl (C=O) groups excluding carboxylic acids is 1. The second-order valence-corrected chi connectivity index (χ2v) is 8.03. The number of carbonyl (C=O) groups is 1. The number of allylic oxidation sites excluding steroid dienone is 2. The molecule has 1 saturated heterocycles. The molecule has 3 aliphatic heterocycles. The summed E-state index contributed by atoms with van der Waals surface area (Å²) in [6.07, 6.45) is 12.6. The highest BCUT2D eigenvalue weighted by Gasteiger charge is 2.27. The third-order valence-electron chi connectivity index (χ3n) is 5.98. The van der Waals surface area contributed by atoms with E-state index in [4.69, 9.17) is 14.2 Å². The normalized spacial score (nSPS) is 25.5. The average molecular weight is 409 g/mol. The van der Waals surface area contributed by atoms with Crippen LogP contribution < -0.4 is 20.1 Å². The van der Waals surface area contributed by atoms with Gasteiger partial charge in [-0.05, 0) is 37.3 Å². The minimum Gasteiger partial charge on any atom is -0.496 e. The Morgan fingerprint density at radius 3 is 3.00 bits per heavy atom. The number of likely N-dealkylation sites (tertiary alicyclic amines) is 1. The summed E-state index contributed by atoms with van der Waals surface area (Å²) in [6, 6.07) is 5.94. The van der Waals surface area contributed by atoms with Crippen LogP contribution in [0.1, 0.15) is 12.8 Å². The highest BCUT2D eigenvalue weighted by Crippen LogP contribution is 2.32. The average Bonchev–Trinajstić information content (AvgIpc) is 3.24. The van der Waals surface area contributed by atoms with E-state index < -0.39 is 0 Å². The number of fused-ring (bicyclic) bond motifs is 2. The molecule has 1 amide bonds. The fourth-order valence-electron chi connectivity index (χ4n) is 4.34. The molecule has 0 radical (unpaired) electrons. The van der Waals surface area contributed by atoms with Crippen molar-refractivity contribution in [1.29, 1.82) is 0 Å². The topological polar surface area (TPSA) is 72.1 Å². The summed E-state index contributed by atoms with van der Waals surface area (Å²) in [5.41, 5.74) is 0.680. The highest BCUT2D eigenvalue weighted by molar-refractivity contribution is 5.95. The van der Waals surface area contributed by atoms with Gasteiger partial charge in [0.1, 0.15) is 30.0 Å². The molecule has 158 valence electrons. The summed E-state index contributed by atoms with van der Waals surface area (Å²) in [5, 5.41) is 6.16. The van der Waals surface area contributed by atoms with Crippen molar-refractivity contribution in [2.45, 2.75) is 25.0 Å².